The van der Waals surface area contributed by atoms with Gasteiger partial charge in [0.25, 0.3) is 0 Å². The zero-order chi connectivity index (χ0) is 24.2. The smallest absolute Gasteiger partial charge is 0.242 e. The Morgan fingerprint density at radius 1 is 0.943 bits per heavy atom. The average Bonchev–Trinajstić information content (AvgIpc) is 3.43. The first-order chi connectivity index (χ1) is 17.2. The van der Waals surface area contributed by atoms with E-state index in [1.807, 2.05) is 53.4 Å². The number of para-hydroxylation sites is 1. The number of fused-ring (bicyclic) bond motifs is 1. The van der Waals surface area contributed by atoms with Crippen molar-refractivity contribution in [1.82, 2.24) is 15.8 Å². The molecule has 2 heterocycles. The van der Waals surface area contributed by atoms with Crippen LogP contribution in [0.5, 0.6) is 11.5 Å². The first-order valence-electron chi connectivity index (χ1n) is 12.5. The van der Waals surface area contributed by atoms with Crippen molar-refractivity contribution in [1.29, 1.82) is 0 Å². The SMILES string of the molecule is CCCCOc1cccc(C2C3C(NNC3c3ccccc3O)C(=O)N2CCc2ccccc2)c1. The summed E-state index contributed by atoms with van der Waals surface area (Å²) in [5.74, 6) is 1.06. The number of carbonyl (C=O) groups excluding carboxylic acids is 1. The maximum atomic E-state index is 13.7. The first kappa shape index (κ1) is 23.4. The molecular weight excluding hydrogens is 438 g/mol. The third-order valence-corrected chi connectivity index (χ3v) is 7.14. The monoisotopic (exact) mass is 471 g/mol. The van der Waals surface area contributed by atoms with Gasteiger partial charge >= 0.3 is 0 Å². The standard InChI is InChI=1S/C29H33N3O3/c1-2-3-18-35-22-13-9-12-21(19-22)28-25-26(23-14-7-8-15-24(23)33)30-31-27(25)29(34)32(28)17-16-20-10-5-4-6-11-20/h4-15,19,25-28,30-31,33H,2-3,16-18H2,1H3. The fourth-order valence-electron chi connectivity index (χ4n) is 5.38. The quantitative estimate of drug-likeness (QED) is 0.400. The number of phenols is 1. The predicted molar refractivity (Wildman–Crippen MR) is 136 cm³/mol. The van der Waals surface area contributed by atoms with E-state index < -0.39 is 0 Å². The molecule has 2 aliphatic rings. The minimum atomic E-state index is -0.370. The maximum Gasteiger partial charge on any atom is 0.242 e. The van der Waals surface area contributed by atoms with Crippen LogP contribution < -0.4 is 15.6 Å². The van der Waals surface area contributed by atoms with Crippen molar-refractivity contribution in [2.45, 2.75) is 44.3 Å². The number of rotatable bonds is 9. The Bertz CT molecular complexity index is 1150. The van der Waals surface area contributed by atoms with Crippen molar-refractivity contribution in [3.05, 3.63) is 95.6 Å². The van der Waals surface area contributed by atoms with Crippen LogP contribution in [0.4, 0.5) is 0 Å². The lowest BCUT2D eigenvalue weighted by Gasteiger charge is -2.31. The molecule has 2 saturated heterocycles. The van der Waals surface area contributed by atoms with Crippen LogP contribution in [0.2, 0.25) is 0 Å². The van der Waals surface area contributed by atoms with E-state index in [0.717, 1.165) is 36.1 Å². The number of benzene rings is 3. The molecule has 4 atom stereocenters. The molecule has 0 radical (unpaired) electrons. The zero-order valence-electron chi connectivity index (χ0n) is 20.1. The molecule has 35 heavy (non-hydrogen) atoms. The van der Waals surface area contributed by atoms with E-state index in [-0.39, 0.29) is 35.7 Å². The summed E-state index contributed by atoms with van der Waals surface area (Å²) in [6.07, 6.45) is 2.86. The lowest BCUT2D eigenvalue weighted by molar-refractivity contribution is -0.130. The molecule has 0 aromatic heterocycles. The molecular formula is C29H33N3O3. The van der Waals surface area contributed by atoms with E-state index >= 15 is 0 Å². The van der Waals surface area contributed by atoms with Crippen LogP contribution >= 0.6 is 0 Å². The lowest BCUT2D eigenvalue weighted by Crippen LogP contribution is -2.42. The molecule has 0 aliphatic carbocycles. The topological polar surface area (TPSA) is 73.8 Å². The van der Waals surface area contributed by atoms with Gasteiger partial charge in [0.15, 0.2) is 0 Å². The predicted octanol–water partition coefficient (Wildman–Crippen LogP) is 4.53. The molecule has 3 aromatic carbocycles. The first-order valence-corrected chi connectivity index (χ1v) is 12.5. The minimum absolute atomic E-state index is 0.0821. The Balaban J connectivity index is 1.49. The van der Waals surface area contributed by atoms with Crippen molar-refractivity contribution >= 4 is 5.91 Å². The van der Waals surface area contributed by atoms with Crippen molar-refractivity contribution in [2.24, 2.45) is 5.92 Å². The van der Waals surface area contributed by atoms with Gasteiger partial charge in [-0.05, 0) is 42.2 Å². The summed E-state index contributed by atoms with van der Waals surface area (Å²) in [4.78, 5) is 15.7. The molecule has 2 aliphatic heterocycles. The van der Waals surface area contributed by atoms with Crippen LogP contribution in [-0.2, 0) is 11.2 Å². The second-order valence-electron chi connectivity index (χ2n) is 9.37. The number of ether oxygens (including phenoxy) is 1. The van der Waals surface area contributed by atoms with Gasteiger partial charge in [0.1, 0.15) is 17.5 Å². The van der Waals surface area contributed by atoms with Crippen molar-refractivity contribution in [3.63, 3.8) is 0 Å². The van der Waals surface area contributed by atoms with E-state index in [1.165, 1.54) is 5.56 Å². The second kappa shape index (κ2) is 10.5. The molecule has 3 N–H and O–H groups in total. The van der Waals surface area contributed by atoms with E-state index in [0.29, 0.717) is 13.2 Å². The van der Waals surface area contributed by atoms with Crippen LogP contribution in [0.1, 0.15) is 48.5 Å². The molecule has 6 heteroatoms. The molecule has 0 spiro atoms. The fraction of sp³-hybridized carbons (Fsp3) is 0.345. The maximum absolute atomic E-state index is 13.7. The molecule has 4 unspecified atom stereocenters. The van der Waals surface area contributed by atoms with Gasteiger partial charge in [-0.25, -0.2) is 10.9 Å². The number of aromatic hydroxyl groups is 1. The van der Waals surface area contributed by atoms with Gasteiger partial charge in [-0.3, -0.25) is 4.79 Å². The van der Waals surface area contributed by atoms with Crippen molar-refractivity contribution in [2.75, 3.05) is 13.2 Å². The lowest BCUT2D eigenvalue weighted by atomic mass is 9.83. The van der Waals surface area contributed by atoms with Crippen LogP contribution in [0.25, 0.3) is 0 Å². The highest BCUT2D eigenvalue weighted by Crippen LogP contribution is 2.48. The van der Waals surface area contributed by atoms with Gasteiger partial charge in [0.2, 0.25) is 5.91 Å². The van der Waals surface area contributed by atoms with Gasteiger partial charge in [-0.15, -0.1) is 0 Å². The number of amides is 1. The third kappa shape index (κ3) is 4.77. The Morgan fingerprint density at radius 2 is 1.71 bits per heavy atom. The number of phenolic OH excluding ortho intramolecular Hbond substituents is 1. The summed E-state index contributed by atoms with van der Waals surface area (Å²) in [5, 5.41) is 10.6. The minimum Gasteiger partial charge on any atom is -0.508 e. The van der Waals surface area contributed by atoms with Gasteiger partial charge in [0, 0.05) is 18.0 Å². The van der Waals surface area contributed by atoms with Crippen molar-refractivity contribution in [3.8, 4) is 11.5 Å². The Labute approximate surface area is 206 Å². The van der Waals surface area contributed by atoms with Crippen LogP contribution in [0.3, 0.4) is 0 Å². The van der Waals surface area contributed by atoms with Crippen LogP contribution in [0.15, 0.2) is 78.9 Å². The van der Waals surface area contributed by atoms with E-state index in [1.54, 1.807) is 6.07 Å². The summed E-state index contributed by atoms with van der Waals surface area (Å²) < 4.78 is 6.01. The van der Waals surface area contributed by atoms with Gasteiger partial charge in [-0.1, -0.05) is 74.0 Å². The number of likely N-dealkylation sites (tertiary alicyclic amines) is 1. The molecule has 182 valence electrons. The second-order valence-corrected chi connectivity index (χ2v) is 9.37. The molecule has 1 amide bonds. The number of nitrogens with one attached hydrogen (secondary N) is 2. The number of carbonyl (C=O) groups is 1. The normalized spacial score (nSPS) is 23.5. The highest BCUT2D eigenvalue weighted by molar-refractivity contribution is 5.86. The summed E-state index contributed by atoms with van der Waals surface area (Å²) >= 11 is 0. The van der Waals surface area contributed by atoms with E-state index in [9.17, 15) is 9.90 Å². The number of nitrogens with zero attached hydrogens (tertiary/aromatic N) is 1. The van der Waals surface area contributed by atoms with Gasteiger partial charge < -0.3 is 14.7 Å². The molecule has 6 nitrogen and oxygen atoms in total. The summed E-state index contributed by atoms with van der Waals surface area (Å²) in [7, 11) is 0. The molecule has 2 fully saturated rings. The van der Waals surface area contributed by atoms with Crippen LogP contribution in [-0.4, -0.2) is 35.1 Å². The number of unbranched alkanes of at least 4 members (excludes halogenated alkanes) is 1. The fourth-order valence-corrected chi connectivity index (χ4v) is 5.38. The largest absolute Gasteiger partial charge is 0.508 e. The Kier molecular flexibility index (Phi) is 7.02. The van der Waals surface area contributed by atoms with Gasteiger partial charge in [-0.2, -0.15) is 0 Å². The highest BCUT2D eigenvalue weighted by Gasteiger charge is 2.55. The number of hydrogen-bond acceptors (Lipinski definition) is 5. The van der Waals surface area contributed by atoms with Crippen LogP contribution in [0, 0.1) is 5.92 Å². The van der Waals surface area contributed by atoms with E-state index in [4.69, 9.17) is 4.74 Å². The zero-order valence-corrected chi connectivity index (χ0v) is 20.1. The van der Waals surface area contributed by atoms with E-state index in [2.05, 4.69) is 42.0 Å². The third-order valence-electron chi connectivity index (χ3n) is 7.14. The summed E-state index contributed by atoms with van der Waals surface area (Å²) in [5.41, 5.74) is 9.61. The van der Waals surface area contributed by atoms with Gasteiger partial charge in [0.05, 0.1) is 18.7 Å². The Morgan fingerprint density at radius 3 is 2.51 bits per heavy atom. The average molecular weight is 472 g/mol. The van der Waals surface area contributed by atoms with Crippen molar-refractivity contribution < 1.29 is 14.6 Å². The number of hydrogen-bond donors (Lipinski definition) is 3. The summed E-state index contributed by atoms with van der Waals surface area (Å²) in [6.45, 7) is 3.45. The summed E-state index contributed by atoms with van der Waals surface area (Å²) in [6, 6.07) is 25.1. The molecule has 5 rings (SSSR count). The Hall–Kier alpha value is -3.35. The highest BCUT2D eigenvalue weighted by atomic mass is 16.5. The number of hydrazine groups is 1. The molecule has 0 bridgehead atoms. The molecule has 3 aromatic rings. The molecule has 0 saturated carbocycles.